The Bertz CT molecular complexity index is 878. The van der Waals surface area contributed by atoms with Crippen molar-refractivity contribution in [3.05, 3.63) is 53.5 Å². The molecule has 2 aromatic heterocycles. The molecule has 0 bridgehead atoms. The molecule has 6 heteroatoms. The van der Waals surface area contributed by atoms with Gasteiger partial charge in [-0.3, -0.25) is 0 Å². The van der Waals surface area contributed by atoms with E-state index in [9.17, 15) is 0 Å². The lowest BCUT2D eigenvalue weighted by molar-refractivity contribution is 0.0914. The first kappa shape index (κ1) is 22.2. The van der Waals surface area contributed by atoms with Crippen LogP contribution in [-0.4, -0.2) is 40.2 Å². The Morgan fingerprint density at radius 3 is 2.64 bits per heavy atom. The summed E-state index contributed by atoms with van der Waals surface area (Å²) >= 11 is 1.79. The predicted molar refractivity (Wildman–Crippen MR) is 121 cm³/mol. The van der Waals surface area contributed by atoms with Gasteiger partial charge in [0.2, 0.25) is 0 Å². The number of benzene rings is 1. The van der Waals surface area contributed by atoms with E-state index in [4.69, 9.17) is 4.74 Å². The fourth-order valence-electron chi connectivity index (χ4n) is 3.10. The summed E-state index contributed by atoms with van der Waals surface area (Å²) in [6, 6.07) is 10.7. The molecule has 0 atom stereocenters. The van der Waals surface area contributed by atoms with Crippen LogP contribution in [0.1, 0.15) is 30.7 Å². The molecule has 0 saturated heterocycles. The summed E-state index contributed by atoms with van der Waals surface area (Å²) in [5, 5.41) is 1.06. The molecule has 3 aromatic rings. The molecule has 0 spiro atoms. The van der Waals surface area contributed by atoms with E-state index in [-0.39, 0.29) is 0 Å². The molecule has 0 fully saturated rings. The lowest BCUT2D eigenvalue weighted by Crippen LogP contribution is -2.18. The van der Waals surface area contributed by atoms with Crippen molar-refractivity contribution in [3.8, 4) is 0 Å². The minimum atomic E-state index is 0.522. The molecule has 5 nitrogen and oxygen atoms in total. The van der Waals surface area contributed by atoms with Gasteiger partial charge in [-0.05, 0) is 31.7 Å². The summed E-state index contributed by atoms with van der Waals surface area (Å²) in [5.74, 6) is 1.94. The minimum Gasteiger partial charge on any atom is -0.360 e. The van der Waals surface area contributed by atoms with E-state index in [1.807, 2.05) is 13.8 Å². The molecule has 0 radical (unpaired) electrons. The van der Waals surface area contributed by atoms with Gasteiger partial charge >= 0.3 is 0 Å². The van der Waals surface area contributed by atoms with Gasteiger partial charge in [-0.25, -0.2) is 9.97 Å². The number of fused-ring (bicyclic) bond motifs is 1. The number of nitrogens with zero attached hydrogens (tertiary/aromatic N) is 4. The van der Waals surface area contributed by atoms with Gasteiger partial charge in [0.15, 0.2) is 0 Å². The van der Waals surface area contributed by atoms with Crippen molar-refractivity contribution in [1.29, 1.82) is 0 Å². The number of anilines is 1. The van der Waals surface area contributed by atoms with Gasteiger partial charge in [-0.2, -0.15) is 11.8 Å². The zero-order valence-electron chi connectivity index (χ0n) is 17.9. The fraction of sp³-hybridized carbons (Fsp3) is 0.455. The first-order chi connectivity index (χ1) is 13.6. The Labute approximate surface area is 173 Å². The Balaban J connectivity index is 0.00000136. The van der Waals surface area contributed by atoms with E-state index in [0.29, 0.717) is 6.73 Å². The van der Waals surface area contributed by atoms with Crippen LogP contribution in [0.3, 0.4) is 0 Å². The van der Waals surface area contributed by atoms with Gasteiger partial charge in [0.25, 0.3) is 0 Å². The average Bonchev–Trinajstić information content (AvgIpc) is 3.02. The normalized spacial score (nSPS) is 10.6. The van der Waals surface area contributed by atoms with Crippen molar-refractivity contribution in [2.75, 3.05) is 30.6 Å². The number of hydrogen-bond acceptors (Lipinski definition) is 5. The summed E-state index contributed by atoms with van der Waals surface area (Å²) in [4.78, 5) is 11.2. The summed E-state index contributed by atoms with van der Waals surface area (Å²) in [6.45, 7) is 10.3. The molecule has 0 amide bonds. The van der Waals surface area contributed by atoms with Crippen molar-refractivity contribution < 1.29 is 4.74 Å². The fourth-order valence-corrected chi connectivity index (χ4v) is 3.38. The molecule has 28 heavy (non-hydrogen) atoms. The van der Waals surface area contributed by atoms with Crippen LogP contribution in [0.4, 0.5) is 5.82 Å². The molecule has 3 rings (SSSR count). The van der Waals surface area contributed by atoms with Gasteiger partial charge in [0.1, 0.15) is 24.5 Å². The highest BCUT2D eigenvalue weighted by atomic mass is 32.2. The van der Waals surface area contributed by atoms with Gasteiger partial charge in [0.05, 0.1) is 12.0 Å². The van der Waals surface area contributed by atoms with Crippen LogP contribution in [0, 0.1) is 13.8 Å². The predicted octanol–water partition coefficient (Wildman–Crippen LogP) is 5.05. The van der Waals surface area contributed by atoms with E-state index >= 15 is 0 Å². The van der Waals surface area contributed by atoms with Gasteiger partial charge in [0, 0.05) is 25.0 Å². The maximum Gasteiger partial charge on any atom is 0.147 e. The van der Waals surface area contributed by atoms with E-state index < -0.39 is 0 Å². The highest BCUT2D eigenvalue weighted by Gasteiger charge is 2.14. The number of ether oxygens (including phenoxy) is 1. The van der Waals surface area contributed by atoms with E-state index in [1.54, 1.807) is 18.1 Å². The molecule has 0 N–H and O–H groups in total. The lowest BCUT2D eigenvalue weighted by atomic mass is 10.1. The van der Waals surface area contributed by atoms with E-state index in [1.165, 1.54) is 11.1 Å². The molecule has 152 valence electrons. The standard InChI is InChI=1S/C20H26N4OS.C2H6/c1-15-6-5-7-17(10-15)12-23(3)19-18-11-16(2)24(14-25-8-9-26-4)20(18)22-13-21-19;1-2/h5-7,10-11,13H,8-9,12,14H2,1-4H3;1-2H3. The zero-order valence-corrected chi connectivity index (χ0v) is 18.7. The summed E-state index contributed by atoms with van der Waals surface area (Å²) in [5.41, 5.74) is 4.60. The second-order valence-corrected chi connectivity index (χ2v) is 7.51. The summed E-state index contributed by atoms with van der Waals surface area (Å²) < 4.78 is 7.90. The quantitative estimate of drug-likeness (QED) is 0.495. The highest BCUT2D eigenvalue weighted by molar-refractivity contribution is 7.98. The first-order valence-corrected chi connectivity index (χ1v) is 11.1. The van der Waals surface area contributed by atoms with Crippen LogP contribution in [-0.2, 0) is 18.0 Å². The van der Waals surface area contributed by atoms with Crippen LogP contribution in [0.15, 0.2) is 36.7 Å². The van der Waals surface area contributed by atoms with E-state index in [2.05, 4.69) is 76.9 Å². The SMILES string of the molecule is CC.CSCCOCn1c(C)cc2c(N(C)Cc3cccc(C)c3)ncnc21. The van der Waals surface area contributed by atoms with Crippen LogP contribution in [0.5, 0.6) is 0 Å². The molecule has 0 aliphatic carbocycles. The number of rotatable bonds is 8. The number of aryl methyl sites for hydroxylation is 2. The van der Waals surface area contributed by atoms with Crippen LogP contribution >= 0.6 is 11.8 Å². The Morgan fingerprint density at radius 2 is 1.93 bits per heavy atom. The van der Waals surface area contributed by atoms with Gasteiger partial charge < -0.3 is 14.2 Å². The molecule has 0 aliphatic heterocycles. The number of aromatic nitrogens is 3. The Kier molecular flexibility index (Phi) is 8.80. The van der Waals surface area contributed by atoms with Crippen molar-refractivity contribution in [1.82, 2.24) is 14.5 Å². The van der Waals surface area contributed by atoms with Gasteiger partial charge in [-0.1, -0.05) is 43.7 Å². The molecular weight excluding hydrogens is 368 g/mol. The van der Waals surface area contributed by atoms with Crippen molar-refractivity contribution >= 4 is 28.6 Å². The molecular formula is C22H32N4OS. The van der Waals surface area contributed by atoms with Crippen LogP contribution in [0.25, 0.3) is 11.0 Å². The third kappa shape index (κ3) is 5.49. The first-order valence-electron chi connectivity index (χ1n) is 9.74. The maximum absolute atomic E-state index is 5.78. The van der Waals surface area contributed by atoms with Crippen molar-refractivity contribution in [2.45, 2.75) is 41.0 Å². The molecule has 0 aliphatic rings. The second-order valence-electron chi connectivity index (χ2n) is 6.52. The molecule has 1 aromatic carbocycles. The third-order valence-electron chi connectivity index (χ3n) is 4.39. The second kappa shape index (κ2) is 11.1. The molecule has 0 unspecified atom stereocenters. The smallest absolute Gasteiger partial charge is 0.147 e. The van der Waals surface area contributed by atoms with Gasteiger partial charge in [-0.15, -0.1) is 0 Å². The average molecular weight is 401 g/mol. The maximum atomic E-state index is 5.78. The minimum absolute atomic E-state index is 0.522. The Morgan fingerprint density at radius 1 is 1.14 bits per heavy atom. The highest BCUT2D eigenvalue weighted by Crippen LogP contribution is 2.26. The van der Waals surface area contributed by atoms with Crippen molar-refractivity contribution in [2.24, 2.45) is 0 Å². The largest absolute Gasteiger partial charge is 0.360 e. The van der Waals surface area contributed by atoms with Crippen molar-refractivity contribution in [3.63, 3.8) is 0 Å². The molecule has 0 saturated carbocycles. The number of thioether (sulfide) groups is 1. The zero-order chi connectivity index (χ0) is 20.5. The summed E-state index contributed by atoms with van der Waals surface area (Å²) in [7, 11) is 2.08. The summed E-state index contributed by atoms with van der Waals surface area (Å²) in [6.07, 6.45) is 3.73. The third-order valence-corrected chi connectivity index (χ3v) is 4.97. The van der Waals surface area contributed by atoms with E-state index in [0.717, 1.165) is 41.4 Å². The topological polar surface area (TPSA) is 43.2 Å². The Hall–Kier alpha value is -2.05. The van der Waals surface area contributed by atoms with Crippen LogP contribution in [0.2, 0.25) is 0 Å². The van der Waals surface area contributed by atoms with Crippen LogP contribution < -0.4 is 4.90 Å². The number of hydrogen-bond donors (Lipinski definition) is 0. The lowest BCUT2D eigenvalue weighted by Gasteiger charge is -2.19. The molecule has 2 heterocycles. The monoisotopic (exact) mass is 400 g/mol.